The molecule has 0 heterocycles. The summed E-state index contributed by atoms with van der Waals surface area (Å²) in [7, 11) is 3.93. The highest BCUT2D eigenvalue weighted by Gasteiger charge is 2.30. The normalized spacial score (nSPS) is 11.2. The van der Waals surface area contributed by atoms with Crippen LogP contribution in [0.4, 0.5) is 0 Å². The largest absolute Gasteiger partial charge is 0.295 e. The SMILES string of the molecule is BC(B)(C(=O)c1ccc(Br)cc1)c1ccccc1. The molecule has 88 valence electrons. The molecule has 0 unspecified atom stereocenters. The summed E-state index contributed by atoms with van der Waals surface area (Å²) in [5.74, 6) is 0.140. The van der Waals surface area contributed by atoms with Gasteiger partial charge in [0, 0.05) is 10.0 Å². The molecule has 4 heteroatoms. The Kier molecular flexibility index (Phi) is 3.76. The molecule has 2 aromatic rings. The van der Waals surface area contributed by atoms with E-state index in [4.69, 9.17) is 0 Å². The molecule has 0 N–H and O–H groups in total. The highest BCUT2D eigenvalue weighted by molar-refractivity contribution is 9.10. The van der Waals surface area contributed by atoms with Crippen molar-refractivity contribution in [2.75, 3.05) is 0 Å². The van der Waals surface area contributed by atoms with Gasteiger partial charge >= 0.3 is 0 Å². The Morgan fingerprint density at radius 1 is 0.944 bits per heavy atom. The molecule has 0 bridgehead atoms. The number of hydrogen-bond donors (Lipinski definition) is 0. The fourth-order valence-electron chi connectivity index (χ4n) is 1.95. The van der Waals surface area contributed by atoms with Crippen molar-refractivity contribution in [1.82, 2.24) is 0 Å². The topological polar surface area (TPSA) is 17.1 Å². The van der Waals surface area contributed by atoms with Crippen molar-refractivity contribution >= 4 is 37.4 Å². The quantitative estimate of drug-likeness (QED) is 0.623. The summed E-state index contributed by atoms with van der Waals surface area (Å²) < 4.78 is 0.983. The lowest BCUT2D eigenvalue weighted by atomic mass is 9.48. The van der Waals surface area contributed by atoms with Crippen molar-refractivity contribution in [3.05, 3.63) is 70.2 Å². The summed E-state index contributed by atoms with van der Waals surface area (Å²) in [6.07, 6.45) is 0. The molecule has 0 aromatic heterocycles. The summed E-state index contributed by atoms with van der Waals surface area (Å²) >= 11 is 3.38. The molecule has 0 aliphatic rings. The van der Waals surface area contributed by atoms with Crippen molar-refractivity contribution in [1.29, 1.82) is 0 Å². The Balaban J connectivity index is 2.36. The van der Waals surface area contributed by atoms with Gasteiger partial charge in [0.05, 0.1) is 0 Å². The van der Waals surface area contributed by atoms with E-state index in [1.165, 1.54) is 0 Å². The highest BCUT2D eigenvalue weighted by atomic mass is 79.9. The fraction of sp³-hybridized carbons (Fsp3) is 0.0714. The zero-order valence-electron chi connectivity index (χ0n) is 10.5. The van der Waals surface area contributed by atoms with E-state index in [0.717, 1.165) is 15.6 Å². The number of benzene rings is 2. The van der Waals surface area contributed by atoms with Crippen LogP contribution in [0.1, 0.15) is 15.9 Å². The molecule has 0 fully saturated rings. The molecule has 1 nitrogen and oxygen atoms in total. The lowest BCUT2D eigenvalue weighted by Gasteiger charge is -2.24. The first-order chi connectivity index (χ1) is 8.51. The van der Waals surface area contributed by atoms with E-state index in [1.807, 2.05) is 70.3 Å². The summed E-state index contributed by atoms with van der Waals surface area (Å²) in [6.45, 7) is 0. The van der Waals surface area contributed by atoms with Crippen LogP contribution in [-0.2, 0) is 5.21 Å². The number of rotatable bonds is 3. The maximum Gasteiger partial charge on any atom is 0.157 e. The van der Waals surface area contributed by atoms with Gasteiger partial charge in [0.1, 0.15) is 15.7 Å². The van der Waals surface area contributed by atoms with Crippen molar-refractivity contribution in [3.63, 3.8) is 0 Å². The second kappa shape index (κ2) is 5.15. The fourth-order valence-corrected chi connectivity index (χ4v) is 2.21. The number of Topliss-reactive ketones (excluding diaryl/α,β-unsaturated/α-hetero) is 1. The minimum absolute atomic E-state index is 0.140. The molecule has 18 heavy (non-hydrogen) atoms. The first-order valence-corrected chi connectivity index (χ1v) is 6.67. The van der Waals surface area contributed by atoms with Crippen LogP contribution in [0.3, 0.4) is 0 Å². The molecule has 0 saturated carbocycles. The van der Waals surface area contributed by atoms with E-state index in [0.29, 0.717) is 0 Å². The Morgan fingerprint density at radius 3 is 2.06 bits per heavy atom. The first-order valence-electron chi connectivity index (χ1n) is 5.88. The summed E-state index contributed by atoms with van der Waals surface area (Å²) in [6, 6.07) is 17.4. The first kappa shape index (κ1) is 13.2. The van der Waals surface area contributed by atoms with Gasteiger partial charge in [-0.3, -0.25) is 4.79 Å². The van der Waals surface area contributed by atoms with Crippen LogP contribution < -0.4 is 0 Å². The average molecular weight is 299 g/mol. The highest BCUT2D eigenvalue weighted by Crippen LogP contribution is 2.23. The van der Waals surface area contributed by atoms with Gasteiger partial charge < -0.3 is 0 Å². The average Bonchev–Trinajstić information content (AvgIpc) is 2.40. The zero-order chi connectivity index (χ0) is 13.2. The Labute approximate surface area is 118 Å². The van der Waals surface area contributed by atoms with Crippen LogP contribution in [-0.4, -0.2) is 21.5 Å². The zero-order valence-corrected chi connectivity index (χ0v) is 12.1. The van der Waals surface area contributed by atoms with Gasteiger partial charge in [-0.1, -0.05) is 64.0 Å². The monoisotopic (exact) mass is 298 g/mol. The molecule has 0 aliphatic carbocycles. The van der Waals surface area contributed by atoms with Gasteiger partial charge in [-0.2, -0.15) is 0 Å². The minimum atomic E-state index is -0.505. The molecule has 0 atom stereocenters. The molecular formula is C14H13B2BrO. The van der Waals surface area contributed by atoms with E-state index in [9.17, 15) is 4.79 Å². The minimum Gasteiger partial charge on any atom is -0.295 e. The standard InChI is InChI=1S/C14H13B2BrO/c15-14(16,11-4-2-1-3-5-11)13(18)10-6-8-12(17)9-7-10/h1-9H,15-16H2. The molecule has 0 saturated heterocycles. The smallest absolute Gasteiger partial charge is 0.157 e. The number of hydrogen-bond acceptors (Lipinski definition) is 1. The second-order valence-corrected chi connectivity index (χ2v) is 5.74. The van der Waals surface area contributed by atoms with Gasteiger partial charge in [0.25, 0.3) is 0 Å². The Bertz CT molecular complexity index is 550. The number of carbonyl (C=O) groups is 1. The number of halogens is 1. The molecule has 0 amide bonds. The van der Waals surface area contributed by atoms with Gasteiger partial charge in [0.2, 0.25) is 0 Å². The Hall–Kier alpha value is -1.28. The second-order valence-electron chi connectivity index (χ2n) is 4.83. The lowest BCUT2D eigenvalue weighted by Crippen LogP contribution is -2.37. The van der Waals surface area contributed by atoms with E-state index >= 15 is 0 Å². The van der Waals surface area contributed by atoms with E-state index in [-0.39, 0.29) is 5.78 Å². The lowest BCUT2D eigenvalue weighted by molar-refractivity contribution is 0.0971. The van der Waals surface area contributed by atoms with Gasteiger partial charge in [0.15, 0.2) is 5.78 Å². The third-order valence-corrected chi connectivity index (χ3v) is 3.70. The summed E-state index contributed by atoms with van der Waals surface area (Å²) in [5.41, 5.74) is 1.78. The predicted molar refractivity (Wildman–Crippen MR) is 83.7 cm³/mol. The maximum absolute atomic E-state index is 12.6. The van der Waals surface area contributed by atoms with Crippen molar-refractivity contribution in [2.45, 2.75) is 5.21 Å². The molecule has 2 rings (SSSR count). The third-order valence-electron chi connectivity index (χ3n) is 3.17. The van der Waals surface area contributed by atoms with Crippen LogP contribution in [0.15, 0.2) is 59.1 Å². The van der Waals surface area contributed by atoms with Crippen molar-refractivity contribution < 1.29 is 4.79 Å². The number of ketones is 1. The van der Waals surface area contributed by atoms with Crippen LogP contribution in [0, 0.1) is 0 Å². The van der Waals surface area contributed by atoms with Gasteiger partial charge in [-0.15, -0.1) is 0 Å². The maximum atomic E-state index is 12.6. The molecule has 0 aliphatic heterocycles. The van der Waals surface area contributed by atoms with Crippen molar-refractivity contribution in [2.24, 2.45) is 0 Å². The molecule has 0 spiro atoms. The van der Waals surface area contributed by atoms with Crippen LogP contribution in [0.25, 0.3) is 0 Å². The van der Waals surface area contributed by atoms with Gasteiger partial charge in [-0.05, 0) is 17.3 Å². The van der Waals surface area contributed by atoms with Crippen LogP contribution >= 0.6 is 15.9 Å². The van der Waals surface area contributed by atoms with Crippen LogP contribution in [0.5, 0.6) is 0 Å². The number of carbonyl (C=O) groups excluding carboxylic acids is 1. The van der Waals surface area contributed by atoms with Crippen molar-refractivity contribution in [3.8, 4) is 0 Å². The molecule has 0 radical (unpaired) electrons. The van der Waals surface area contributed by atoms with Gasteiger partial charge in [-0.25, -0.2) is 0 Å². The Morgan fingerprint density at radius 2 is 1.50 bits per heavy atom. The van der Waals surface area contributed by atoms with E-state index < -0.39 is 5.21 Å². The summed E-state index contributed by atoms with van der Waals surface area (Å²) in [5, 5.41) is -0.505. The molecule has 2 aromatic carbocycles. The molecular weight excluding hydrogens is 286 g/mol. The summed E-state index contributed by atoms with van der Waals surface area (Å²) in [4.78, 5) is 12.6. The van der Waals surface area contributed by atoms with Crippen LogP contribution in [0.2, 0.25) is 0 Å². The third kappa shape index (κ3) is 2.59. The predicted octanol–water partition coefficient (Wildman–Crippen LogP) is 1.75. The van der Waals surface area contributed by atoms with E-state index in [2.05, 4.69) is 15.9 Å². The van der Waals surface area contributed by atoms with E-state index in [1.54, 1.807) is 0 Å².